The third kappa shape index (κ3) is 6.51. The van der Waals surface area contributed by atoms with Crippen LogP contribution in [0.5, 0.6) is 5.75 Å². The molecule has 32 heavy (non-hydrogen) atoms. The lowest BCUT2D eigenvalue weighted by molar-refractivity contribution is -0.118. The molecule has 0 fully saturated rings. The minimum absolute atomic E-state index is 0.0283. The molecule has 1 amide bonds. The van der Waals surface area contributed by atoms with Gasteiger partial charge in [-0.25, -0.2) is 17.2 Å². The highest BCUT2D eigenvalue weighted by Crippen LogP contribution is 2.24. The average molecular weight is 525 g/mol. The monoisotopic (exact) mass is 524 g/mol. The minimum atomic E-state index is -3.61. The van der Waals surface area contributed by atoms with Crippen molar-refractivity contribution in [3.05, 3.63) is 88.4 Å². The van der Waals surface area contributed by atoms with E-state index in [1.165, 1.54) is 65.0 Å². The van der Waals surface area contributed by atoms with Crippen LogP contribution in [0.15, 0.2) is 71.2 Å². The van der Waals surface area contributed by atoms with Gasteiger partial charge in [0.2, 0.25) is 10.0 Å². The van der Waals surface area contributed by atoms with Crippen molar-refractivity contribution in [2.24, 2.45) is 0 Å². The third-order valence-electron chi connectivity index (χ3n) is 4.34. The van der Waals surface area contributed by atoms with Gasteiger partial charge in [0.25, 0.3) is 5.91 Å². The molecule has 0 atom stereocenters. The first-order valence-electron chi connectivity index (χ1n) is 9.32. The number of nitrogens with one attached hydrogen (secondary N) is 1. The standard InChI is InChI=1S/C22H19BrF2N2O4S/c1-32(29,30)27(13-15-2-5-17(24)6-3-15)18-7-9-19(10-8-18)31-14-22(28)26-21-11-4-16(23)12-20(21)25/h2-12H,13-14H2,1H3,(H,26,28). The van der Waals surface area contributed by atoms with Gasteiger partial charge in [-0.3, -0.25) is 9.10 Å². The second kappa shape index (κ2) is 10.1. The SMILES string of the molecule is CS(=O)(=O)N(Cc1ccc(F)cc1)c1ccc(OCC(=O)Nc2ccc(Br)cc2F)cc1. The van der Waals surface area contributed by atoms with Gasteiger partial charge in [-0.2, -0.15) is 0 Å². The normalized spacial score (nSPS) is 11.1. The Labute approximate surface area is 193 Å². The molecule has 0 aliphatic carbocycles. The first-order valence-corrected chi connectivity index (χ1v) is 12.0. The number of carbonyl (C=O) groups is 1. The van der Waals surface area contributed by atoms with E-state index in [2.05, 4.69) is 21.2 Å². The van der Waals surface area contributed by atoms with E-state index in [0.29, 0.717) is 21.5 Å². The van der Waals surface area contributed by atoms with Crippen LogP contribution < -0.4 is 14.4 Å². The molecule has 10 heteroatoms. The molecule has 0 bridgehead atoms. The van der Waals surface area contributed by atoms with Gasteiger partial charge in [0, 0.05) is 4.47 Å². The van der Waals surface area contributed by atoms with Crippen molar-refractivity contribution in [3.8, 4) is 5.75 Å². The van der Waals surface area contributed by atoms with Gasteiger partial charge in [0.15, 0.2) is 6.61 Å². The van der Waals surface area contributed by atoms with E-state index in [1.807, 2.05) is 0 Å². The molecule has 3 aromatic rings. The average Bonchev–Trinajstić information content (AvgIpc) is 2.73. The first-order chi connectivity index (χ1) is 15.1. The van der Waals surface area contributed by atoms with Crippen LogP contribution in [0, 0.1) is 11.6 Å². The number of nitrogens with zero attached hydrogens (tertiary/aromatic N) is 1. The van der Waals surface area contributed by atoms with Crippen molar-refractivity contribution in [3.63, 3.8) is 0 Å². The quantitative estimate of drug-likeness (QED) is 0.463. The van der Waals surface area contributed by atoms with Crippen molar-refractivity contribution < 1.29 is 26.7 Å². The maximum absolute atomic E-state index is 13.8. The fourth-order valence-electron chi connectivity index (χ4n) is 2.79. The fraction of sp³-hybridized carbons (Fsp3) is 0.136. The van der Waals surface area contributed by atoms with E-state index in [0.717, 1.165) is 6.26 Å². The Morgan fingerprint density at radius 3 is 2.28 bits per heavy atom. The predicted octanol–water partition coefficient (Wildman–Crippen LogP) is 4.71. The Morgan fingerprint density at radius 2 is 1.69 bits per heavy atom. The summed E-state index contributed by atoms with van der Waals surface area (Å²) in [5, 5.41) is 2.41. The zero-order valence-electron chi connectivity index (χ0n) is 16.9. The number of anilines is 2. The van der Waals surface area contributed by atoms with E-state index in [-0.39, 0.29) is 18.8 Å². The Hall–Kier alpha value is -2.98. The summed E-state index contributed by atoms with van der Waals surface area (Å²) in [5.41, 5.74) is 1.03. The highest BCUT2D eigenvalue weighted by atomic mass is 79.9. The van der Waals surface area contributed by atoms with Crippen LogP contribution in [0.25, 0.3) is 0 Å². The van der Waals surface area contributed by atoms with Crippen LogP contribution in [0.3, 0.4) is 0 Å². The molecule has 0 aliphatic heterocycles. The maximum atomic E-state index is 13.8. The van der Waals surface area contributed by atoms with Crippen LogP contribution in [0.1, 0.15) is 5.56 Å². The molecule has 6 nitrogen and oxygen atoms in total. The van der Waals surface area contributed by atoms with Gasteiger partial charge < -0.3 is 10.1 Å². The number of rotatable bonds is 8. The number of sulfonamides is 1. The van der Waals surface area contributed by atoms with Crippen molar-refractivity contribution in [2.75, 3.05) is 22.5 Å². The summed E-state index contributed by atoms with van der Waals surface area (Å²) in [5.74, 6) is -1.22. The van der Waals surface area contributed by atoms with Crippen molar-refractivity contribution >= 4 is 43.2 Å². The Morgan fingerprint density at radius 1 is 1.03 bits per heavy atom. The number of hydrogen-bond donors (Lipinski definition) is 1. The van der Waals surface area contributed by atoms with Crippen LogP contribution >= 0.6 is 15.9 Å². The Balaban J connectivity index is 1.64. The highest BCUT2D eigenvalue weighted by Gasteiger charge is 2.18. The summed E-state index contributed by atoms with van der Waals surface area (Å²) < 4.78 is 58.6. The molecule has 0 aliphatic rings. The van der Waals surface area contributed by atoms with Crippen molar-refractivity contribution in [1.82, 2.24) is 0 Å². The zero-order valence-corrected chi connectivity index (χ0v) is 19.3. The Kier molecular flexibility index (Phi) is 7.47. The van der Waals surface area contributed by atoms with Crippen LogP contribution in [0.4, 0.5) is 20.2 Å². The molecule has 3 aromatic carbocycles. The van der Waals surface area contributed by atoms with Gasteiger partial charge >= 0.3 is 0 Å². The second-order valence-corrected chi connectivity index (χ2v) is 9.67. The number of benzene rings is 3. The zero-order chi connectivity index (χ0) is 23.3. The topological polar surface area (TPSA) is 75.7 Å². The lowest BCUT2D eigenvalue weighted by Gasteiger charge is -2.22. The summed E-state index contributed by atoms with van der Waals surface area (Å²) in [6, 6.07) is 15.9. The number of halogens is 3. The fourth-order valence-corrected chi connectivity index (χ4v) is 4.01. The van der Waals surface area contributed by atoms with Crippen molar-refractivity contribution in [1.29, 1.82) is 0 Å². The van der Waals surface area contributed by atoms with Crippen LogP contribution in [0.2, 0.25) is 0 Å². The molecule has 0 spiro atoms. The van der Waals surface area contributed by atoms with Gasteiger partial charge in [0.05, 0.1) is 24.2 Å². The number of amides is 1. The molecular formula is C22H19BrF2N2O4S. The summed E-state index contributed by atoms with van der Waals surface area (Å²) in [6.07, 6.45) is 1.08. The van der Waals surface area contributed by atoms with E-state index in [9.17, 15) is 22.0 Å². The summed E-state index contributed by atoms with van der Waals surface area (Å²) in [7, 11) is -3.61. The molecule has 168 valence electrons. The number of carbonyl (C=O) groups excluding carboxylic acids is 1. The van der Waals surface area contributed by atoms with Crippen LogP contribution in [-0.2, 0) is 21.4 Å². The molecule has 0 heterocycles. The predicted molar refractivity (Wildman–Crippen MR) is 122 cm³/mol. The molecule has 3 rings (SSSR count). The molecule has 0 radical (unpaired) electrons. The molecule has 0 saturated heterocycles. The summed E-state index contributed by atoms with van der Waals surface area (Å²) in [6.45, 7) is -0.333. The molecule has 1 N–H and O–H groups in total. The van der Waals surface area contributed by atoms with Crippen molar-refractivity contribution in [2.45, 2.75) is 6.54 Å². The smallest absolute Gasteiger partial charge is 0.262 e. The minimum Gasteiger partial charge on any atom is -0.484 e. The lowest BCUT2D eigenvalue weighted by atomic mass is 10.2. The van der Waals surface area contributed by atoms with E-state index < -0.39 is 27.6 Å². The first kappa shape index (κ1) is 23.7. The molecular weight excluding hydrogens is 506 g/mol. The van der Waals surface area contributed by atoms with E-state index in [4.69, 9.17) is 4.74 Å². The van der Waals surface area contributed by atoms with Gasteiger partial charge in [-0.15, -0.1) is 0 Å². The number of ether oxygens (including phenoxy) is 1. The Bertz CT molecular complexity index is 1200. The third-order valence-corrected chi connectivity index (χ3v) is 5.97. The summed E-state index contributed by atoms with van der Waals surface area (Å²) >= 11 is 3.14. The maximum Gasteiger partial charge on any atom is 0.262 e. The molecule has 0 aromatic heterocycles. The lowest BCUT2D eigenvalue weighted by Crippen LogP contribution is -2.29. The number of hydrogen-bond acceptors (Lipinski definition) is 4. The highest BCUT2D eigenvalue weighted by molar-refractivity contribution is 9.10. The largest absolute Gasteiger partial charge is 0.484 e. The van der Waals surface area contributed by atoms with Gasteiger partial charge in [-0.05, 0) is 60.2 Å². The van der Waals surface area contributed by atoms with Gasteiger partial charge in [0.1, 0.15) is 17.4 Å². The molecule has 0 saturated carbocycles. The summed E-state index contributed by atoms with van der Waals surface area (Å²) in [4.78, 5) is 12.0. The van der Waals surface area contributed by atoms with E-state index >= 15 is 0 Å². The van der Waals surface area contributed by atoms with Gasteiger partial charge in [-0.1, -0.05) is 28.1 Å². The second-order valence-electron chi connectivity index (χ2n) is 6.85. The molecule has 0 unspecified atom stereocenters. The van der Waals surface area contributed by atoms with Crippen LogP contribution in [-0.4, -0.2) is 27.2 Å². The van der Waals surface area contributed by atoms with E-state index in [1.54, 1.807) is 6.07 Å².